The fourth-order valence-corrected chi connectivity index (χ4v) is 4.08. The molecule has 0 radical (unpaired) electrons. The molecule has 1 aliphatic rings. The summed E-state index contributed by atoms with van der Waals surface area (Å²) in [6, 6.07) is 8.26. The molecule has 0 spiro atoms. The lowest BCUT2D eigenvalue weighted by molar-refractivity contribution is 0.449. The molecule has 8 heteroatoms. The van der Waals surface area contributed by atoms with Crippen LogP contribution in [0.25, 0.3) is 33.6 Å². The van der Waals surface area contributed by atoms with Gasteiger partial charge in [0.1, 0.15) is 17.5 Å². The van der Waals surface area contributed by atoms with Crippen LogP contribution in [-0.4, -0.2) is 21.2 Å². The van der Waals surface area contributed by atoms with Gasteiger partial charge >= 0.3 is 6.01 Å². The highest BCUT2D eigenvalue weighted by Gasteiger charge is 2.24. The van der Waals surface area contributed by atoms with Crippen molar-refractivity contribution >= 4 is 16.9 Å². The Balaban J connectivity index is 1.62. The molecule has 5 nitrogen and oxygen atoms in total. The van der Waals surface area contributed by atoms with Gasteiger partial charge in [-0.2, -0.15) is 0 Å². The van der Waals surface area contributed by atoms with E-state index in [1.54, 1.807) is 12.1 Å². The van der Waals surface area contributed by atoms with Crippen LogP contribution in [0.15, 0.2) is 40.8 Å². The van der Waals surface area contributed by atoms with Gasteiger partial charge in [0.05, 0.1) is 16.8 Å². The zero-order chi connectivity index (χ0) is 20.7. The van der Waals surface area contributed by atoms with Crippen LogP contribution in [-0.2, 0) is 0 Å². The number of nitrogens with zero attached hydrogens (tertiary/aromatic N) is 2. The first-order valence-electron chi connectivity index (χ1n) is 9.95. The molecule has 4 aromatic rings. The molecule has 5 rings (SSSR count). The standard InChI is InChI=1S/C22H19F3N4O/c23-13-8-6-12(7-9-13)19-18(16-10-14(24)11-17(25)20(16)27-19)21-28-29-22(30-21)26-15-4-2-1-3-5-15/h6-11,15,27H,1-5H2,(H,26,29). The number of fused-ring (bicyclic) bond motifs is 1. The number of aromatic amines is 1. The first-order chi connectivity index (χ1) is 14.6. The zero-order valence-electron chi connectivity index (χ0n) is 16.0. The van der Waals surface area contributed by atoms with Crippen molar-refractivity contribution in [1.29, 1.82) is 0 Å². The van der Waals surface area contributed by atoms with Crippen LogP contribution in [0.2, 0.25) is 0 Å². The third-order valence-corrected chi connectivity index (χ3v) is 5.53. The van der Waals surface area contributed by atoms with Gasteiger partial charge in [-0.1, -0.05) is 24.4 Å². The molecule has 2 heterocycles. The maximum Gasteiger partial charge on any atom is 0.315 e. The number of halogens is 3. The molecule has 1 saturated carbocycles. The molecule has 2 aromatic heterocycles. The molecule has 30 heavy (non-hydrogen) atoms. The normalized spacial score (nSPS) is 15.0. The minimum Gasteiger partial charge on any atom is -0.403 e. The molecule has 0 saturated heterocycles. The highest BCUT2D eigenvalue weighted by Crippen LogP contribution is 2.39. The maximum absolute atomic E-state index is 14.4. The summed E-state index contributed by atoms with van der Waals surface area (Å²) in [7, 11) is 0. The highest BCUT2D eigenvalue weighted by molar-refractivity contribution is 6.02. The molecule has 2 N–H and O–H groups in total. The fourth-order valence-electron chi connectivity index (χ4n) is 4.08. The van der Waals surface area contributed by atoms with Gasteiger partial charge in [-0.25, -0.2) is 13.2 Å². The van der Waals surface area contributed by atoms with Crippen LogP contribution in [0.5, 0.6) is 0 Å². The van der Waals surface area contributed by atoms with Crippen molar-refractivity contribution in [2.75, 3.05) is 5.32 Å². The third kappa shape index (κ3) is 3.42. The number of rotatable bonds is 4. The van der Waals surface area contributed by atoms with E-state index in [0.29, 0.717) is 16.8 Å². The van der Waals surface area contributed by atoms with Gasteiger partial charge in [0.25, 0.3) is 5.89 Å². The molecule has 0 amide bonds. The minimum absolute atomic E-state index is 0.116. The summed E-state index contributed by atoms with van der Waals surface area (Å²) in [6.45, 7) is 0. The van der Waals surface area contributed by atoms with E-state index >= 15 is 0 Å². The predicted octanol–water partition coefficient (Wildman–Crippen LogP) is 6.05. The van der Waals surface area contributed by atoms with Gasteiger partial charge < -0.3 is 14.7 Å². The second kappa shape index (κ2) is 7.51. The third-order valence-electron chi connectivity index (χ3n) is 5.53. The maximum atomic E-state index is 14.4. The zero-order valence-corrected chi connectivity index (χ0v) is 16.0. The Morgan fingerprint density at radius 3 is 2.47 bits per heavy atom. The molecular weight excluding hydrogens is 393 g/mol. The summed E-state index contributed by atoms with van der Waals surface area (Å²) >= 11 is 0. The summed E-state index contributed by atoms with van der Waals surface area (Å²) < 4.78 is 47.7. The molecule has 0 aliphatic heterocycles. The quantitative estimate of drug-likeness (QED) is 0.428. The summed E-state index contributed by atoms with van der Waals surface area (Å²) in [5.41, 5.74) is 1.52. The van der Waals surface area contributed by atoms with E-state index in [-0.39, 0.29) is 28.9 Å². The van der Waals surface area contributed by atoms with E-state index in [4.69, 9.17) is 4.42 Å². The SMILES string of the molecule is Fc1ccc(-c2[nH]c3c(F)cc(F)cc3c2-c2nnc(NC3CCCCC3)o2)cc1. The van der Waals surface area contributed by atoms with Crippen LogP contribution < -0.4 is 5.32 Å². The average Bonchev–Trinajstić information content (AvgIpc) is 3.34. The monoisotopic (exact) mass is 412 g/mol. The van der Waals surface area contributed by atoms with E-state index in [9.17, 15) is 13.2 Å². The number of nitrogens with one attached hydrogen (secondary N) is 2. The Morgan fingerprint density at radius 1 is 0.933 bits per heavy atom. The van der Waals surface area contributed by atoms with Crippen LogP contribution in [0.4, 0.5) is 19.2 Å². The molecular formula is C22H19F3N4O. The Morgan fingerprint density at radius 2 is 1.70 bits per heavy atom. The van der Waals surface area contributed by atoms with E-state index in [1.807, 2.05) is 0 Å². The van der Waals surface area contributed by atoms with E-state index in [1.165, 1.54) is 24.6 Å². The van der Waals surface area contributed by atoms with Gasteiger partial charge in [-0.15, -0.1) is 5.10 Å². The van der Waals surface area contributed by atoms with Gasteiger partial charge in [-0.05, 0) is 48.7 Å². The van der Waals surface area contributed by atoms with E-state index in [2.05, 4.69) is 20.5 Å². The summed E-state index contributed by atoms with van der Waals surface area (Å²) in [5, 5.41) is 11.7. The molecule has 1 fully saturated rings. The Labute approximate surface area is 170 Å². The Hall–Kier alpha value is -3.29. The topological polar surface area (TPSA) is 66.7 Å². The molecule has 1 aliphatic carbocycles. The number of H-pyrrole nitrogens is 1. The lowest BCUT2D eigenvalue weighted by Gasteiger charge is -2.21. The van der Waals surface area contributed by atoms with Crippen molar-refractivity contribution in [2.24, 2.45) is 0 Å². The smallest absolute Gasteiger partial charge is 0.315 e. The lowest BCUT2D eigenvalue weighted by atomic mass is 9.96. The molecule has 2 aromatic carbocycles. The van der Waals surface area contributed by atoms with Crippen LogP contribution >= 0.6 is 0 Å². The number of anilines is 1. The molecule has 154 valence electrons. The second-order valence-electron chi connectivity index (χ2n) is 7.58. The molecule has 0 atom stereocenters. The van der Waals surface area contributed by atoms with Crippen LogP contribution in [0, 0.1) is 17.5 Å². The summed E-state index contributed by atoms with van der Waals surface area (Å²) in [6.07, 6.45) is 5.58. The molecule has 0 unspecified atom stereocenters. The van der Waals surface area contributed by atoms with Crippen molar-refractivity contribution in [3.05, 3.63) is 53.8 Å². The van der Waals surface area contributed by atoms with Gasteiger partial charge in [0.15, 0.2) is 0 Å². The molecule has 0 bridgehead atoms. The van der Waals surface area contributed by atoms with Crippen LogP contribution in [0.3, 0.4) is 0 Å². The van der Waals surface area contributed by atoms with Crippen molar-refractivity contribution < 1.29 is 17.6 Å². The van der Waals surface area contributed by atoms with Crippen molar-refractivity contribution in [2.45, 2.75) is 38.1 Å². The van der Waals surface area contributed by atoms with Crippen LogP contribution in [0.1, 0.15) is 32.1 Å². The summed E-state index contributed by atoms with van der Waals surface area (Å²) in [4.78, 5) is 2.97. The van der Waals surface area contributed by atoms with Crippen molar-refractivity contribution in [1.82, 2.24) is 15.2 Å². The minimum atomic E-state index is -0.736. The number of benzene rings is 2. The predicted molar refractivity (Wildman–Crippen MR) is 107 cm³/mol. The Bertz CT molecular complexity index is 1190. The largest absolute Gasteiger partial charge is 0.403 e. The van der Waals surface area contributed by atoms with Crippen molar-refractivity contribution in [3.63, 3.8) is 0 Å². The van der Waals surface area contributed by atoms with Crippen molar-refractivity contribution in [3.8, 4) is 22.7 Å². The first kappa shape index (κ1) is 18.7. The second-order valence-corrected chi connectivity index (χ2v) is 7.58. The highest BCUT2D eigenvalue weighted by atomic mass is 19.1. The van der Waals surface area contributed by atoms with E-state index < -0.39 is 17.5 Å². The number of aromatic nitrogens is 3. The number of hydrogen-bond donors (Lipinski definition) is 2. The average molecular weight is 412 g/mol. The fraction of sp³-hybridized carbons (Fsp3) is 0.273. The first-order valence-corrected chi connectivity index (χ1v) is 9.95. The Kier molecular flexibility index (Phi) is 4.69. The summed E-state index contributed by atoms with van der Waals surface area (Å²) in [5.74, 6) is -1.72. The number of hydrogen-bond acceptors (Lipinski definition) is 4. The van der Waals surface area contributed by atoms with Gasteiger partial charge in [0, 0.05) is 17.5 Å². The van der Waals surface area contributed by atoms with Gasteiger partial charge in [-0.3, -0.25) is 0 Å². The van der Waals surface area contributed by atoms with Gasteiger partial charge in [0.2, 0.25) is 0 Å². The lowest BCUT2D eigenvalue weighted by Crippen LogP contribution is -2.22. The van der Waals surface area contributed by atoms with E-state index in [0.717, 1.165) is 31.7 Å².